The number of rotatable bonds is 3. The zero-order valence-electron chi connectivity index (χ0n) is 13.3. The first-order valence-electron chi connectivity index (χ1n) is 7.17. The number of halogens is 1. The topological polar surface area (TPSA) is 91.4 Å². The summed E-state index contributed by atoms with van der Waals surface area (Å²) in [5.41, 5.74) is 6.55. The number of ketones is 1. The van der Waals surface area contributed by atoms with E-state index in [9.17, 15) is 13.2 Å². The monoisotopic (exact) mass is 428 g/mol. The molecule has 0 saturated heterocycles. The number of fused-ring (bicyclic) bond motifs is 2. The molecular formula is C15H13ClN4O3S3. The highest BCUT2D eigenvalue weighted by molar-refractivity contribution is 7.89. The third-order valence-corrected chi connectivity index (χ3v) is 7.54. The lowest BCUT2D eigenvalue weighted by atomic mass is 10.2. The first-order valence-corrected chi connectivity index (χ1v) is 10.3. The number of aromatic nitrogens is 1. The number of nitrogens with zero attached hydrogens (tertiary/aromatic N) is 2. The molecule has 136 valence electrons. The molecule has 0 amide bonds. The Balaban J connectivity index is 0.00000196. The van der Waals surface area contributed by atoms with E-state index in [1.165, 1.54) is 30.7 Å². The summed E-state index contributed by atoms with van der Waals surface area (Å²) >= 11 is 2.57. The molecular weight excluding hydrogens is 416 g/mol. The number of hydrogen-bond donors (Lipinski definition) is 2. The maximum absolute atomic E-state index is 12.5. The van der Waals surface area contributed by atoms with Gasteiger partial charge in [0.05, 0.1) is 15.1 Å². The molecule has 1 aromatic carbocycles. The second-order valence-corrected chi connectivity index (χ2v) is 9.09. The number of benzene rings is 1. The fourth-order valence-corrected chi connectivity index (χ4v) is 5.82. The van der Waals surface area contributed by atoms with E-state index in [2.05, 4.69) is 15.8 Å². The molecule has 26 heavy (non-hydrogen) atoms. The number of hydrazine groups is 1. The average molecular weight is 429 g/mol. The fourth-order valence-electron chi connectivity index (χ4n) is 2.45. The minimum absolute atomic E-state index is 0. The SMILES string of the molecule is CN1/C(=C/NNc2nc3ccccc3s2)C(=O)c2sccc2S1(=O)=O.Cl. The van der Waals surface area contributed by atoms with Crippen LogP contribution >= 0.6 is 35.1 Å². The summed E-state index contributed by atoms with van der Waals surface area (Å²) in [5, 5.41) is 2.22. The Bertz CT molecular complexity index is 1090. The Hall–Kier alpha value is -2.14. The van der Waals surface area contributed by atoms with E-state index in [1.807, 2.05) is 24.3 Å². The molecule has 0 atom stereocenters. The van der Waals surface area contributed by atoms with E-state index in [4.69, 9.17) is 0 Å². The van der Waals surface area contributed by atoms with Gasteiger partial charge in [-0.2, -0.15) is 0 Å². The number of likely N-dealkylation sites (N-methyl/N-ethyl adjacent to an activating group) is 1. The van der Waals surface area contributed by atoms with E-state index in [-0.39, 0.29) is 33.7 Å². The van der Waals surface area contributed by atoms with Crippen molar-refractivity contribution in [3.05, 3.63) is 52.5 Å². The van der Waals surface area contributed by atoms with Crippen LogP contribution in [0.4, 0.5) is 5.13 Å². The van der Waals surface area contributed by atoms with Crippen molar-refractivity contribution in [2.45, 2.75) is 4.90 Å². The number of allylic oxidation sites excluding steroid dienone is 1. The largest absolute Gasteiger partial charge is 0.304 e. The van der Waals surface area contributed by atoms with E-state index >= 15 is 0 Å². The number of para-hydroxylation sites is 1. The number of Topliss-reactive ketones (excluding diaryl/α,β-unsaturated/α-hetero) is 1. The third-order valence-electron chi connectivity index (χ3n) is 3.73. The van der Waals surface area contributed by atoms with Crippen LogP contribution in [-0.4, -0.2) is 30.5 Å². The Kier molecular flexibility index (Phi) is 4.93. The standard InChI is InChI=1S/C15H12N4O3S3.ClH/c1-19-10(13(20)14-12(6-7-23-14)25(19,21)22)8-16-18-15-17-9-4-2-3-5-11(9)24-15;/h2-8,16H,1H3,(H,17,18);1H/b10-8+;. The molecule has 0 fully saturated rings. The molecule has 0 radical (unpaired) electrons. The smallest absolute Gasteiger partial charge is 0.265 e. The number of carbonyl (C=O) groups is 1. The zero-order valence-corrected chi connectivity index (χ0v) is 16.6. The molecule has 0 spiro atoms. The number of anilines is 1. The highest BCUT2D eigenvalue weighted by atomic mass is 35.5. The maximum Gasteiger partial charge on any atom is 0.265 e. The lowest BCUT2D eigenvalue weighted by molar-refractivity contribution is 0.101. The number of carbonyl (C=O) groups excluding carboxylic acids is 1. The molecule has 3 aromatic rings. The number of hydrogen-bond acceptors (Lipinski definition) is 8. The molecule has 2 aromatic heterocycles. The normalized spacial score (nSPS) is 17.0. The lowest BCUT2D eigenvalue weighted by Crippen LogP contribution is -2.36. The van der Waals surface area contributed by atoms with Gasteiger partial charge < -0.3 is 5.43 Å². The van der Waals surface area contributed by atoms with E-state index in [0.29, 0.717) is 5.13 Å². The molecule has 1 aliphatic heterocycles. The Labute approximate surface area is 163 Å². The molecule has 0 unspecified atom stereocenters. The lowest BCUT2D eigenvalue weighted by Gasteiger charge is -2.25. The number of thiazole rings is 1. The quantitative estimate of drug-likeness (QED) is 0.492. The first-order chi connectivity index (χ1) is 12.0. The van der Waals surface area contributed by atoms with Crippen LogP contribution in [0.5, 0.6) is 0 Å². The Morgan fingerprint density at radius 3 is 2.77 bits per heavy atom. The summed E-state index contributed by atoms with van der Waals surface area (Å²) in [5.74, 6) is -0.332. The van der Waals surface area contributed by atoms with E-state index in [1.54, 1.807) is 5.38 Å². The predicted octanol–water partition coefficient (Wildman–Crippen LogP) is 3.05. The van der Waals surface area contributed by atoms with Crippen molar-refractivity contribution in [3.8, 4) is 0 Å². The van der Waals surface area contributed by atoms with Gasteiger partial charge in [0.2, 0.25) is 10.9 Å². The van der Waals surface area contributed by atoms with Crippen LogP contribution in [0.15, 0.2) is 52.5 Å². The zero-order chi connectivity index (χ0) is 17.6. The number of sulfonamides is 1. The Morgan fingerprint density at radius 2 is 2.00 bits per heavy atom. The van der Waals surface area contributed by atoms with E-state index in [0.717, 1.165) is 25.9 Å². The van der Waals surface area contributed by atoms with Crippen molar-refractivity contribution in [3.63, 3.8) is 0 Å². The molecule has 2 N–H and O–H groups in total. The Morgan fingerprint density at radius 1 is 1.23 bits per heavy atom. The van der Waals surface area contributed by atoms with Gasteiger partial charge in [-0.05, 0) is 23.6 Å². The first kappa shape index (κ1) is 18.6. The summed E-state index contributed by atoms with van der Waals surface area (Å²) < 4.78 is 26.9. The van der Waals surface area contributed by atoms with Crippen molar-refractivity contribution >= 4 is 66.2 Å². The molecule has 4 rings (SSSR count). The summed E-state index contributed by atoms with van der Waals surface area (Å²) in [7, 11) is -2.34. The second kappa shape index (κ2) is 6.88. The molecule has 11 heteroatoms. The van der Waals surface area contributed by atoms with Gasteiger partial charge >= 0.3 is 0 Å². The number of thiophene rings is 1. The minimum atomic E-state index is -3.70. The van der Waals surface area contributed by atoms with Gasteiger partial charge in [-0.3, -0.25) is 14.5 Å². The van der Waals surface area contributed by atoms with Crippen molar-refractivity contribution in [2.24, 2.45) is 0 Å². The number of nitrogens with one attached hydrogen (secondary N) is 2. The van der Waals surface area contributed by atoms with Crippen LogP contribution in [0, 0.1) is 0 Å². The molecule has 0 bridgehead atoms. The van der Waals surface area contributed by atoms with Crippen LogP contribution in [0.1, 0.15) is 9.67 Å². The molecule has 3 heterocycles. The van der Waals surface area contributed by atoms with Gasteiger partial charge in [-0.15, -0.1) is 23.7 Å². The minimum Gasteiger partial charge on any atom is -0.304 e. The van der Waals surface area contributed by atoms with Crippen LogP contribution in [0.2, 0.25) is 0 Å². The molecule has 7 nitrogen and oxygen atoms in total. The second-order valence-electron chi connectivity index (χ2n) is 5.20. The van der Waals surface area contributed by atoms with Gasteiger partial charge in [0.1, 0.15) is 10.6 Å². The molecule has 0 aliphatic carbocycles. The van der Waals surface area contributed by atoms with E-state index < -0.39 is 10.0 Å². The van der Waals surface area contributed by atoms with Gasteiger partial charge in [0.15, 0.2) is 0 Å². The summed E-state index contributed by atoms with van der Waals surface area (Å²) in [6.07, 6.45) is 1.34. The van der Waals surface area contributed by atoms with Crippen LogP contribution in [-0.2, 0) is 10.0 Å². The van der Waals surface area contributed by atoms with Crippen LogP contribution < -0.4 is 10.9 Å². The maximum atomic E-state index is 12.5. The fraction of sp³-hybridized carbons (Fsp3) is 0.0667. The summed E-state index contributed by atoms with van der Waals surface area (Å²) in [4.78, 5) is 17.2. The highest BCUT2D eigenvalue weighted by Gasteiger charge is 2.38. The van der Waals surface area contributed by atoms with Gasteiger partial charge in [0, 0.05) is 13.2 Å². The van der Waals surface area contributed by atoms with Gasteiger partial charge in [-0.1, -0.05) is 23.5 Å². The molecule has 0 saturated carbocycles. The van der Waals surface area contributed by atoms with Crippen molar-refractivity contribution in [1.29, 1.82) is 0 Å². The van der Waals surface area contributed by atoms with Gasteiger partial charge in [-0.25, -0.2) is 13.4 Å². The molecule has 1 aliphatic rings. The van der Waals surface area contributed by atoms with Crippen molar-refractivity contribution in [1.82, 2.24) is 14.7 Å². The van der Waals surface area contributed by atoms with Crippen LogP contribution in [0.25, 0.3) is 10.2 Å². The average Bonchev–Trinajstić information content (AvgIpc) is 3.23. The van der Waals surface area contributed by atoms with Gasteiger partial charge in [0.25, 0.3) is 10.0 Å². The predicted molar refractivity (Wildman–Crippen MR) is 105 cm³/mol. The summed E-state index contributed by atoms with van der Waals surface area (Å²) in [6.45, 7) is 0. The third kappa shape index (κ3) is 2.94. The highest BCUT2D eigenvalue weighted by Crippen LogP contribution is 2.34. The van der Waals surface area contributed by atoms with Crippen molar-refractivity contribution < 1.29 is 13.2 Å². The summed E-state index contributed by atoms with van der Waals surface area (Å²) in [6, 6.07) is 9.14. The van der Waals surface area contributed by atoms with Crippen LogP contribution in [0.3, 0.4) is 0 Å². The van der Waals surface area contributed by atoms with Crippen molar-refractivity contribution in [2.75, 3.05) is 12.5 Å².